The highest BCUT2D eigenvalue weighted by molar-refractivity contribution is 7.20. The molecule has 7 heteroatoms. The summed E-state index contributed by atoms with van der Waals surface area (Å²) >= 11 is 1.33. The number of amides is 1. The van der Waals surface area contributed by atoms with Gasteiger partial charge in [0.1, 0.15) is 9.71 Å². The van der Waals surface area contributed by atoms with Crippen LogP contribution in [0.1, 0.15) is 20.9 Å². The van der Waals surface area contributed by atoms with Crippen molar-refractivity contribution in [3.8, 4) is 0 Å². The smallest absolute Gasteiger partial charge is 0.348 e. The number of benzene rings is 1. The van der Waals surface area contributed by atoms with Crippen molar-refractivity contribution in [2.45, 2.75) is 13.5 Å². The molecule has 0 spiro atoms. The Labute approximate surface area is 149 Å². The molecule has 3 rings (SSSR count). The predicted molar refractivity (Wildman–Crippen MR) is 96.9 cm³/mol. The number of rotatable bonds is 5. The van der Waals surface area contributed by atoms with Crippen LogP contribution in [0.4, 0.5) is 0 Å². The van der Waals surface area contributed by atoms with Crippen LogP contribution in [0.5, 0.6) is 0 Å². The van der Waals surface area contributed by atoms with Crippen molar-refractivity contribution in [1.82, 2.24) is 14.7 Å². The molecule has 1 amide bonds. The van der Waals surface area contributed by atoms with Crippen LogP contribution >= 0.6 is 11.3 Å². The van der Waals surface area contributed by atoms with Gasteiger partial charge in [-0.25, -0.2) is 4.79 Å². The molecule has 0 radical (unpaired) electrons. The van der Waals surface area contributed by atoms with Crippen LogP contribution in [0.3, 0.4) is 0 Å². The van der Waals surface area contributed by atoms with Crippen LogP contribution in [0.15, 0.2) is 36.4 Å². The molecule has 0 aliphatic carbocycles. The van der Waals surface area contributed by atoms with E-state index in [1.54, 1.807) is 20.2 Å². The molecule has 0 saturated carbocycles. The van der Waals surface area contributed by atoms with E-state index >= 15 is 0 Å². The van der Waals surface area contributed by atoms with E-state index in [4.69, 9.17) is 4.74 Å². The number of hydrogen-bond donors (Lipinski definition) is 0. The molecule has 25 heavy (non-hydrogen) atoms. The zero-order valence-electron chi connectivity index (χ0n) is 14.4. The normalized spacial score (nSPS) is 10.8. The summed E-state index contributed by atoms with van der Waals surface area (Å²) in [5.41, 5.74) is 2.01. The maximum atomic E-state index is 12.2. The fraction of sp³-hybridized carbons (Fsp3) is 0.278. The minimum Gasteiger partial charge on any atom is -0.451 e. The van der Waals surface area contributed by atoms with Gasteiger partial charge in [-0.15, -0.1) is 11.3 Å². The zero-order valence-corrected chi connectivity index (χ0v) is 15.2. The van der Waals surface area contributed by atoms with Crippen LogP contribution in [0.25, 0.3) is 10.2 Å². The minimum absolute atomic E-state index is 0.249. The SMILES string of the molecule is Cc1nn(Cc2ccccc2)c2sc(C(=O)OCC(=O)N(C)C)cc12. The maximum absolute atomic E-state index is 12.2. The molecule has 3 aromatic rings. The average Bonchev–Trinajstić information content (AvgIpc) is 3.15. The summed E-state index contributed by atoms with van der Waals surface area (Å²) < 4.78 is 6.99. The van der Waals surface area contributed by atoms with Crippen LogP contribution in [-0.4, -0.2) is 47.3 Å². The van der Waals surface area contributed by atoms with Crippen molar-refractivity contribution in [3.05, 3.63) is 52.5 Å². The maximum Gasteiger partial charge on any atom is 0.348 e. The Morgan fingerprint density at radius 1 is 1.24 bits per heavy atom. The van der Waals surface area contributed by atoms with Gasteiger partial charge in [0.2, 0.25) is 0 Å². The van der Waals surface area contributed by atoms with Gasteiger partial charge in [0.05, 0.1) is 12.2 Å². The number of ether oxygens (including phenoxy) is 1. The summed E-state index contributed by atoms with van der Waals surface area (Å²) in [4.78, 5) is 26.5. The highest BCUT2D eigenvalue weighted by atomic mass is 32.1. The molecule has 0 fully saturated rings. The highest BCUT2D eigenvalue weighted by Crippen LogP contribution is 2.29. The van der Waals surface area contributed by atoms with Gasteiger partial charge >= 0.3 is 5.97 Å². The van der Waals surface area contributed by atoms with Gasteiger partial charge in [-0.1, -0.05) is 30.3 Å². The van der Waals surface area contributed by atoms with Crippen molar-refractivity contribution >= 4 is 33.4 Å². The third-order valence-electron chi connectivity index (χ3n) is 3.81. The number of likely N-dealkylation sites (N-methyl/N-ethyl adjacent to an activating group) is 1. The Morgan fingerprint density at radius 3 is 2.64 bits per heavy atom. The van der Waals surface area contributed by atoms with Gasteiger partial charge in [0.15, 0.2) is 6.61 Å². The largest absolute Gasteiger partial charge is 0.451 e. The summed E-state index contributed by atoms with van der Waals surface area (Å²) in [6.07, 6.45) is 0. The van der Waals surface area contributed by atoms with Crippen molar-refractivity contribution in [2.24, 2.45) is 0 Å². The molecule has 0 bridgehead atoms. The Balaban J connectivity index is 1.81. The molecule has 0 N–H and O–H groups in total. The summed E-state index contributed by atoms with van der Waals surface area (Å²) in [6.45, 7) is 2.30. The predicted octanol–water partition coefficient (Wildman–Crippen LogP) is 2.70. The molecule has 0 saturated heterocycles. The summed E-state index contributed by atoms with van der Waals surface area (Å²) in [5.74, 6) is -0.733. The van der Waals surface area contributed by atoms with Gasteiger partial charge in [-0.2, -0.15) is 5.10 Å². The molecule has 0 unspecified atom stereocenters. The Morgan fingerprint density at radius 2 is 1.96 bits per heavy atom. The zero-order chi connectivity index (χ0) is 18.0. The Bertz CT molecular complexity index is 912. The second-order valence-electron chi connectivity index (χ2n) is 5.92. The van der Waals surface area contributed by atoms with Crippen molar-refractivity contribution in [2.75, 3.05) is 20.7 Å². The third-order valence-corrected chi connectivity index (χ3v) is 4.94. The van der Waals surface area contributed by atoms with E-state index in [-0.39, 0.29) is 12.5 Å². The van der Waals surface area contributed by atoms with Crippen LogP contribution < -0.4 is 0 Å². The first kappa shape index (κ1) is 17.2. The molecular formula is C18H19N3O3S. The van der Waals surface area contributed by atoms with Gasteiger partial charge in [0, 0.05) is 19.5 Å². The van der Waals surface area contributed by atoms with Gasteiger partial charge in [0.25, 0.3) is 5.91 Å². The van der Waals surface area contributed by atoms with E-state index in [0.29, 0.717) is 11.4 Å². The first-order valence-electron chi connectivity index (χ1n) is 7.84. The lowest BCUT2D eigenvalue weighted by Crippen LogP contribution is -2.27. The van der Waals surface area contributed by atoms with Gasteiger partial charge < -0.3 is 9.64 Å². The lowest BCUT2D eigenvalue weighted by molar-refractivity contribution is -0.131. The molecular weight excluding hydrogens is 338 g/mol. The number of aromatic nitrogens is 2. The lowest BCUT2D eigenvalue weighted by atomic mass is 10.2. The number of nitrogens with zero attached hydrogens (tertiary/aromatic N) is 3. The number of fused-ring (bicyclic) bond motifs is 1. The van der Waals surface area contributed by atoms with E-state index in [9.17, 15) is 9.59 Å². The molecule has 130 valence electrons. The van der Waals surface area contributed by atoms with Crippen LogP contribution in [0, 0.1) is 6.92 Å². The monoisotopic (exact) mass is 357 g/mol. The Kier molecular flexibility index (Phi) is 4.85. The third kappa shape index (κ3) is 3.71. The van der Waals surface area contributed by atoms with E-state index in [0.717, 1.165) is 21.5 Å². The number of carbonyl (C=O) groups excluding carboxylic acids is 2. The second kappa shape index (κ2) is 7.06. The number of hydrogen-bond acceptors (Lipinski definition) is 5. The van der Waals surface area contributed by atoms with E-state index in [2.05, 4.69) is 5.10 Å². The minimum atomic E-state index is -0.484. The number of carbonyl (C=O) groups is 2. The van der Waals surface area contributed by atoms with Crippen molar-refractivity contribution < 1.29 is 14.3 Å². The summed E-state index contributed by atoms with van der Waals surface area (Å²) in [5, 5.41) is 5.49. The molecule has 2 heterocycles. The quantitative estimate of drug-likeness (QED) is 0.659. The average molecular weight is 357 g/mol. The van der Waals surface area contributed by atoms with Gasteiger partial charge in [-0.3, -0.25) is 9.48 Å². The molecule has 1 aromatic carbocycles. The summed E-state index contributed by atoms with van der Waals surface area (Å²) in [6, 6.07) is 11.8. The second-order valence-corrected chi connectivity index (χ2v) is 6.95. The first-order chi connectivity index (χ1) is 12.0. The molecule has 0 aliphatic rings. The molecule has 2 aromatic heterocycles. The summed E-state index contributed by atoms with van der Waals surface area (Å²) in [7, 11) is 3.24. The number of thiophene rings is 1. The molecule has 6 nitrogen and oxygen atoms in total. The van der Waals surface area contributed by atoms with Crippen molar-refractivity contribution in [1.29, 1.82) is 0 Å². The highest BCUT2D eigenvalue weighted by Gasteiger charge is 2.18. The molecule has 0 aliphatic heterocycles. The fourth-order valence-corrected chi connectivity index (χ4v) is 3.46. The van der Waals surface area contributed by atoms with Gasteiger partial charge in [-0.05, 0) is 18.6 Å². The van der Waals surface area contributed by atoms with E-state index in [1.165, 1.54) is 16.2 Å². The van der Waals surface area contributed by atoms with E-state index < -0.39 is 5.97 Å². The van der Waals surface area contributed by atoms with Crippen LogP contribution in [0.2, 0.25) is 0 Å². The fourth-order valence-electron chi connectivity index (χ4n) is 2.40. The first-order valence-corrected chi connectivity index (χ1v) is 8.65. The number of esters is 1. The van der Waals surface area contributed by atoms with Crippen molar-refractivity contribution in [3.63, 3.8) is 0 Å². The standard InChI is InChI=1S/C18H19N3O3S/c1-12-14-9-15(18(23)24-11-16(22)20(2)3)25-17(14)21(19-12)10-13-7-5-4-6-8-13/h4-9H,10-11H2,1-3H3. The lowest BCUT2D eigenvalue weighted by Gasteiger charge is -2.09. The Hall–Kier alpha value is -2.67. The van der Waals surface area contributed by atoms with Crippen LogP contribution in [-0.2, 0) is 16.1 Å². The van der Waals surface area contributed by atoms with E-state index in [1.807, 2.05) is 41.9 Å². The number of aryl methyl sites for hydroxylation is 1. The molecule has 0 atom stereocenters. The topological polar surface area (TPSA) is 64.4 Å².